The molecule has 2 rings (SSSR count). The number of carbonyl (C=O) groups excluding carboxylic acids is 3. The summed E-state index contributed by atoms with van der Waals surface area (Å²) in [6, 6.07) is 6.39. The van der Waals surface area contributed by atoms with E-state index in [2.05, 4.69) is 9.47 Å². The van der Waals surface area contributed by atoms with Crippen molar-refractivity contribution in [1.29, 1.82) is 0 Å². The fourth-order valence-corrected chi connectivity index (χ4v) is 1.96. The van der Waals surface area contributed by atoms with Gasteiger partial charge in [-0.1, -0.05) is 12.1 Å². The van der Waals surface area contributed by atoms with E-state index in [9.17, 15) is 14.4 Å². The lowest BCUT2D eigenvalue weighted by Gasteiger charge is -2.22. The van der Waals surface area contributed by atoms with Crippen molar-refractivity contribution < 1.29 is 28.6 Å². The standard InChI is InChI=1S/C13H12O6/c1-17-10(14)7-13(12(16)18-2)11(15)8-5-3-4-6-9(8)19-13/h3-6H,7H2,1-2H3/t13-/m1/s1. The Morgan fingerprint density at radius 2 is 1.89 bits per heavy atom. The largest absolute Gasteiger partial charge is 0.469 e. The molecular weight excluding hydrogens is 252 g/mol. The summed E-state index contributed by atoms with van der Waals surface area (Å²) >= 11 is 0. The van der Waals surface area contributed by atoms with Gasteiger partial charge in [-0.15, -0.1) is 0 Å². The van der Waals surface area contributed by atoms with Gasteiger partial charge in [-0.2, -0.15) is 0 Å². The number of hydrogen-bond acceptors (Lipinski definition) is 6. The first-order valence-electron chi connectivity index (χ1n) is 5.53. The number of para-hydroxylation sites is 1. The molecule has 0 bridgehead atoms. The highest BCUT2D eigenvalue weighted by atomic mass is 16.6. The van der Waals surface area contributed by atoms with Crippen LogP contribution in [0.2, 0.25) is 0 Å². The van der Waals surface area contributed by atoms with Gasteiger partial charge in [-0.05, 0) is 12.1 Å². The molecule has 1 heterocycles. The normalized spacial score (nSPS) is 20.4. The second kappa shape index (κ2) is 4.72. The SMILES string of the molecule is COC(=O)C[C@@]1(C(=O)OC)Oc2ccccc2C1=O. The van der Waals surface area contributed by atoms with E-state index >= 15 is 0 Å². The van der Waals surface area contributed by atoms with Crippen molar-refractivity contribution in [3.05, 3.63) is 29.8 Å². The number of carbonyl (C=O) groups is 3. The van der Waals surface area contributed by atoms with E-state index in [0.717, 1.165) is 7.11 Å². The summed E-state index contributed by atoms with van der Waals surface area (Å²) in [4.78, 5) is 35.7. The fourth-order valence-electron chi connectivity index (χ4n) is 1.96. The minimum Gasteiger partial charge on any atom is -0.469 e. The molecule has 0 aromatic heterocycles. The van der Waals surface area contributed by atoms with Crippen LogP contribution in [0.4, 0.5) is 0 Å². The van der Waals surface area contributed by atoms with Crippen LogP contribution in [0.25, 0.3) is 0 Å². The van der Waals surface area contributed by atoms with E-state index in [4.69, 9.17) is 4.74 Å². The molecule has 0 fully saturated rings. The zero-order valence-corrected chi connectivity index (χ0v) is 10.5. The van der Waals surface area contributed by atoms with E-state index in [1.54, 1.807) is 18.2 Å². The lowest BCUT2D eigenvalue weighted by Crippen LogP contribution is -2.50. The highest BCUT2D eigenvalue weighted by Crippen LogP contribution is 2.37. The monoisotopic (exact) mass is 264 g/mol. The topological polar surface area (TPSA) is 78.9 Å². The summed E-state index contributed by atoms with van der Waals surface area (Å²) in [6.07, 6.45) is -0.524. The number of hydrogen-bond donors (Lipinski definition) is 0. The van der Waals surface area contributed by atoms with Gasteiger partial charge in [0.05, 0.1) is 19.8 Å². The molecule has 0 N–H and O–H groups in total. The zero-order chi connectivity index (χ0) is 14.0. The van der Waals surface area contributed by atoms with Crippen molar-refractivity contribution >= 4 is 17.7 Å². The predicted octanol–water partition coefficient (Wildman–Crippen LogP) is 0.737. The van der Waals surface area contributed by atoms with Crippen LogP contribution >= 0.6 is 0 Å². The Balaban J connectivity index is 2.45. The van der Waals surface area contributed by atoms with Crippen molar-refractivity contribution in [1.82, 2.24) is 0 Å². The van der Waals surface area contributed by atoms with Crippen LogP contribution in [0.1, 0.15) is 16.8 Å². The number of ketones is 1. The first-order valence-corrected chi connectivity index (χ1v) is 5.53. The molecule has 1 aromatic carbocycles. The average molecular weight is 264 g/mol. The first kappa shape index (κ1) is 13.1. The van der Waals surface area contributed by atoms with E-state index in [0.29, 0.717) is 0 Å². The van der Waals surface area contributed by atoms with Crippen molar-refractivity contribution in [2.24, 2.45) is 0 Å². The summed E-state index contributed by atoms with van der Waals surface area (Å²) in [7, 11) is 2.29. The summed E-state index contributed by atoms with van der Waals surface area (Å²) in [5.74, 6) is -1.99. The minimum atomic E-state index is -1.98. The Hall–Kier alpha value is -2.37. The van der Waals surface area contributed by atoms with Gasteiger partial charge in [0.1, 0.15) is 12.2 Å². The van der Waals surface area contributed by atoms with Crippen LogP contribution < -0.4 is 4.74 Å². The van der Waals surface area contributed by atoms with Gasteiger partial charge < -0.3 is 14.2 Å². The molecular formula is C13H12O6. The van der Waals surface area contributed by atoms with Gasteiger partial charge in [0.15, 0.2) is 0 Å². The highest BCUT2D eigenvalue weighted by molar-refractivity contribution is 6.20. The van der Waals surface area contributed by atoms with Gasteiger partial charge in [0.25, 0.3) is 5.60 Å². The second-order valence-corrected chi connectivity index (χ2v) is 4.00. The molecule has 6 heteroatoms. The summed E-state index contributed by atoms with van der Waals surface area (Å²) in [6.45, 7) is 0. The molecule has 1 aliphatic rings. The Morgan fingerprint density at radius 1 is 1.21 bits per heavy atom. The smallest absolute Gasteiger partial charge is 0.359 e. The molecule has 1 aliphatic heterocycles. The third-order valence-electron chi connectivity index (χ3n) is 2.92. The van der Waals surface area contributed by atoms with Crippen molar-refractivity contribution in [3.8, 4) is 5.75 Å². The number of esters is 2. The van der Waals surface area contributed by atoms with E-state index in [1.807, 2.05) is 0 Å². The number of Topliss-reactive ketones (excluding diaryl/α,β-unsaturated/α-hetero) is 1. The molecule has 0 unspecified atom stereocenters. The Morgan fingerprint density at radius 3 is 2.47 bits per heavy atom. The molecule has 6 nitrogen and oxygen atoms in total. The van der Waals surface area contributed by atoms with Crippen molar-refractivity contribution in [2.45, 2.75) is 12.0 Å². The summed E-state index contributed by atoms with van der Waals surface area (Å²) < 4.78 is 14.5. The Labute approximate surface area is 109 Å². The number of fused-ring (bicyclic) bond motifs is 1. The number of rotatable bonds is 3. The third-order valence-corrected chi connectivity index (χ3v) is 2.92. The maximum absolute atomic E-state index is 12.3. The van der Waals surface area contributed by atoms with Crippen molar-refractivity contribution in [3.63, 3.8) is 0 Å². The molecule has 0 radical (unpaired) electrons. The van der Waals surface area contributed by atoms with Crippen molar-refractivity contribution in [2.75, 3.05) is 14.2 Å². The Bertz CT molecular complexity index is 550. The minimum absolute atomic E-state index is 0.247. The van der Waals surface area contributed by atoms with Crippen LogP contribution in [0.5, 0.6) is 5.75 Å². The molecule has 19 heavy (non-hydrogen) atoms. The van der Waals surface area contributed by atoms with E-state index in [1.165, 1.54) is 13.2 Å². The quantitative estimate of drug-likeness (QED) is 0.591. The highest BCUT2D eigenvalue weighted by Gasteiger charge is 2.57. The summed E-state index contributed by atoms with van der Waals surface area (Å²) in [5.41, 5.74) is -1.73. The predicted molar refractivity (Wildman–Crippen MR) is 62.8 cm³/mol. The molecule has 0 saturated heterocycles. The maximum atomic E-state index is 12.3. The molecule has 100 valence electrons. The Kier molecular flexibility index (Phi) is 3.25. The van der Waals surface area contributed by atoms with Crippen LogP contribution in [0, 0.1) is 0 Å². The van der Waals surface area contributed by atoms with Gasteiger partial charge >= 0.3 is 11.9 Å². The second-order valence-electron chi connectivity index (χ2n) is 4.00. The van der Waals surface area contributed by atoms with Crippen LogP contribution in [0.15, 0.2) is 24.3 Å². The first-order chi connectivity index (χ1) is 9.05. The fraction of sp³-hybridized carbons (Fsp3) is 0.308. The lowest BCUT2D eigenvalue weighted by molar-refractivity contribution is -0.160. The maximum Gasteiger partial charge on any atom is 0.359 e. The van der Waals surface area contributed by atoms with Gasteiger partial charge in [-0.3, -0.25) is 9.59 Å². The molecule has 0 saturated carbocycles. The molecule has 0 aliphatic carbocycles. The van der Waals surface area contributed by atoms with Gasteiger partial charge in [-0.25, -0.2) is 4.79 Å². The van der Waals surface area contributed by atoms with Crippen LogP contribution in [0.3, 0.4) is 0 Å². The van der Waals surface area contributed by atoms with Gasteiger partial charge in [0.2, 0.25) is 5.78 Å². The average Bonchev–Trinajstić information content (AvgIpc) is 2.72. The molecule has 0 spiro atoms. The third kappa shape index (κ3) is 1.95. The summed E-state index contributed by atoms with van der Waals surface area (Å²) in [5, 5.41) is 0. The molecule has 0 amide bonds. The van der Waals surface area contributed by atoms with E-state index in [-0.39, 0.29) is 11.3 Å². The number of methoxy groups -OCH3 is 2. The van der Waals surface area contributed by atoms with Crippen LogP contribution in [-0.4, -0.2) is 37.5 Å². The number of benzene rings is 1. The number of ether oxygens (including phenoxy) is 3. The van der Waals surface area contributed by atoms with Gasteiger partial charge in [0, 0.05) is 0 Å². The lowest BCUT2D eigenvalue weighted by atomic mass is 9.92. The van der Waals surface area contributed by atoms with E-state index < -0.39 is 29.7 Å². The zero-order valence-electron chi connectivity index (χ0n) is 10.5. The van der Waals surface area contributed by atoms with Crippen LogP contribution in [-0.2, 0) is 19.1 Å². The molecule has 1 atom stereocenters. The molecule has 1 aromatic rings.